The van der Waals surface area contributed by atoms with Gasteiger partial charge >= 0.3 is 12.1 Å². The smallest absolute Gasteiger partial charge is 0.410 e. The van der Waals surface area contributed by atoms with Gasteiger partial charge in [-0.25, -0.2) is 4.79 Å². The van der Waals surface area contributed by atoms with Crippen LogP contribution in [0.4, 0.5) is 4.79 Å². The third-order valence-electron chi connectivity index (χ3n) is 2.80. The second-order valence-corrected chi connectivity index (χ2v) is 3.93. The largest absolute Gasteiger partial charge is 0.481 e. The van der Waals surface area contributed by atoms with Gasteiger partial charge in [0.2, 0.25) is 0 Å². The van der Waals surface area contributed by atoms with E-state index in [2.05, 4.69) is 0 Å². The summed E-state index contributed by atoms with van der Waals surface area (Å²) in [6, 6.07) is 0. The van der Waals surface area contributed by atoms with Gasteiger partial charge < -0.3 is 14.7 Å². The maximum Gasteiger partial charge on any atom is 0.410 e. The zero-order valence-electron chi connectivity index (χ0n) is 7.86. The average Bonchev–Trinajstić information content (AvgIpc) is 2.83. The van der Waals surface area contributed by atoms with Gasteiger partial charge in [-0.1, -0.05) is 0 Å². The molecule has 1 spiro atoms. The molecule has 1 saturated carbocycles. The molecule has 1 aliphatic carbocycles. The summed E-state index contributed by atoms with van der Waals surface area (Å²) < 4.78 is 5.22. The van der Waals surface area contributed by atoms with Crippen molar-refractivity contribution in [1.29, 1.82) is 0 Å². The lowest BCUT2D eigenvalue weighted by Gasteiger charge is -2.31. The van der Waals surface area contributed by atoms with E-state index in [0.717, 1.165) is 19.3 Å². The van der Waals surface area contributed by atoms with Gasteiger partial charge in [-0.2, -0.15) is 0 Å². The third kappa shape index (κ3) is 1.81. The average molecular weight is 199 g/mol. The highest BCUT2D eigenvalue weighted by atomic mass is 16.6. The maximum absolute atomic E-state index is 11.4. The fourth-order valence-electron chi connectivity index (χ4n) is 1.66. The predicted molar refractivity (Wildman–Crippen MR) is 46.9 cm³/mol. The monoisotopic (exact) mass is 199 g/mol. The molecule has 1 N–H and O–H groups in total. The first-order chi connectivity index (χ1) is 6.61. The molecule has 2 rings (SSSR count). The molecule has 0 atom stereocenters. The van der Waals surface area contributed by atoms with Crippen molar-refractivity contribution in [2.45, 2.75) is 31.3 Å². The van der Waals surface area contributed by atoms with Gasteiger partial charge in [0, 0.05) is 19.5 Å². The summed E-state index contributed by atoms with van der Waals surface area (Å²) in [6.45, 7) is 0.885. The van der Waals surface area contributed by atoms with Gasteiger partial charge in [-0.15, -0.1) is 0 Å². The van der Waals surface area contributed by atoms with Crippen LogP contribution in [-0.4, -0.2) is 40.8 Å². The van der Waals surface area contributed by atoms with Crippen molar-refractivity contribution in [2.75, 3.05) is 13.1 Å². The lowest BCUT2D eigenvalue weighted by molar-refractivity contribution is -0.137. The summed E-state index contributed by atoms with van der Waals surface area (Å²) in [4.78, 5) is 23.2. The Labute approximate surface area is 81.6 Å². The van der Waals surface area contributed by atoms with Crippen LogP contribution in [0, 0.1) is 0 Å². The highest BCUT2D eigenvalue weighted by molar-refractivity contribution is 5.71. The molecule has 2 aliphatic rings. The van der Waals surface area contributed by atoms with Crippen molar-refractivity contribution in [3.05, 3.63) is 0 Å². The molecule has 0 aromatic heterocycles. The number of carbonyl (C=O) groups excluding carboxylic acids is 1. The van der Waals surface area contributed by atoms with Crippen LogP contribution in [-0.2, 0) is 9.53 Å². The molecule has 14 heavy (non-hydrogen) atoms. The first kappa shape index (κ1) is 9.30. The minimum atomic E-state index is -0.885. The van der Waals surface area contributed by atoms with E-state index in [0.29, 0.717) is 6.54 Å². The van der Waals surface area contributed by atoms with Crippen molar-refractivity contribution in [2.24, 2.45) is 0 Å². The normalized spacial score (nSPS) is 23.4. The van der Waals surface area contributed by atoms with E-state index < -0.39 is 5.97 Å². The molecule has 1 amide bonds. The number of ether oxygens (including phenoxy) is 1. The van der Waals surface area contributed by atoms with Crippen LogP contribution in [0.2, 0.25) is 0 Å². The fraction of sp³-hybridized carbons (Fsp3) is 0.778. The van der Waals surface area contributed by atoms with E-state index in [-0.39, 0.29) is 24.7 Å². The van der Waals surface area contributed by atoms with Crippen LogP contribution < -0.4 is 0 Å². The summed E-state index contributed by atoms with van der Waals surface area (Å²) in [5.41, 5.74) is -0.170. The number of amides is 1. The number of hydrogen-bond acceptors (Lipinski definition) is 3. The van der Waals surface area contributed by atoms with Crippen molar-refractivity contribution in [3.63, 3.8) is 0 Å². The molecule has 1 heterocycles. The van der Waals surface area contributed by atoms with Gasteiger partial charge in [0.25, 0.3) is 0 Å². The van der Waals surface area contributed by atoms with Gasteiger partial charge in [-0.3, -0.25) is 4.79 Å². The Morgan fingerprint density at radius 1 is 1.50 bits per heavy atom. The van der Waals surface area contributed by atoms with Crippen LogP contribution in [0.5, 0.6) is 0 Å². The molecule has 1 aliphatic heterocycles. The highest BCUT2D eigenvalue weighted by Crippen LogP contribution is 2.45. The zero-order valence-corrected chi connectivity index (χ0v) is 7.86. The number of hydrogen-bond donors (Lipinski definition) is 1. The minimum absolute atomic E-state index is 0.0118. The van der Waals surface area contributed by atoms with Crippen LogP contribution in [0.1, 0.15) is 25.7 Å². The summed E-state index contributed by atoms with van der Waals surface area (Å²) >= 11 is 0. The molecule has 0 aromatic rings. The number of carboxylic acid groups (broad SMARTS) is 1. The van der Waals surface area contributed by atoms with Crippen LogP contribution in [0.3, 0.4) is 0 Å². The summed E-state index contributed by atoms with van der Waals surface area (Å²) in [6.07, 6.45) is 2.41. The van der Waals surface area contributed by atoms with E-state index in [1.54, 1.807) is 0 Å². The molecule has 5 heteroatoms. The second-order valence-electron chi connectivity index (χ2n) is 3.93. The third-order valence-corrected chi connectivity index (χ3v) is 2.80. The molecule has 2 fully saturated rings. The Morgan fingerprint density at radius 2 is 2.21 bits per heavy atom. The summed E-state index contributed by atoms with van der Waals surface area (Å²) in [5.74, 6) is -0.885. The van der Waals surface area contributed by atoms with E-state index >= 15 is 0 Å². The van der Waals surface area contributed by atoms with Crippen LogP contribution >= 0.6 is 0 Å². The maximum atomic E-state index is 11.4. The molecule has 0 aromatic carbocycles. The predicted octanol–water partition coefficient (Wildman–Crippen LogP) is 0.836. The zero-order chi connectivity index (χ0) is 10.2. The van der Waals surface area contributed by atoms with E-state index in [4.69, 9.17) is 9.84 Å². The standard InChI is InChI=1S/C9H13NO4/c11-7(12)1-5-10-6-4-9(2-3-9)14-8(10)13/h1-6H2,(H,11,12). The Kier molecular flexibility index (Phi) is 2.09. The first-order valence-electron chi connectivity index (χ1n) is 4.81. The van der Waals surface area contributed by atoms with Gasteiger partial charge in [0.05, 0.1) is 6.42 Å². The first-order valence-corrected chi connectivity index (χ1v) is 4.81. The van der Waals surface area contributed by atoms with Gasteiger partial charge in [0.1, 0.15) is 5.60 Å². The molecular formula is C9H13NO4. The molecule has 78 valence electrons. The Balaban J connectivity index is 1.83. The van der Waals surface area contributed by atoms with Crippen molar-refractivity contribution >= 4 is 12.1 Å². The van der Waals surface area contributed by atoms with Crippen LogP contribution in [0.15, 0.2) is 0 Å². The SMILES string of the molecule is O=C(O)CCN1CCC2(CC2)OC1=O. The number of nitrogens with zero attached hydrogens (tertiary/aromatic N) is 1. The Bertz CT molecular complexity index is 272. The number of aliphatic carboxylic acids is 1. The highest BCUT2D eigenvalue weighted by Gasteiger charge is 2.50. The minimum Gasteiger partial charge on any atom is -0.481 e. The van der Waals surface area contributed by atoms with E-state index in [1.165, 1.54) is 4.90 Å². The molecule has 0 radical (unpaired) electrons. The second kappa shape index (κ2) is 3.15. The lowest BCUT2D eigenvalue weighted by Crippen LogP contribution is -2.43. The molecule has 1 saturated heterocycles. The molecule has 0 bridgehead atoms. The topological polar surface area (TPSA) is 66.8 Å². The number of carboxylic acids is 1. The number of carbonyl (C=O) groups is 2. The van der Waals surface area contributed by atoms with Crippen molar-refractivity contribution in [3.8, 4) is 0 Å². The van der Waals surface area contributed by atoms with Gasteiger partial charge in [-0.05, 0) is 12.8 Å². The molecule has 5 nitrogen and oxygen atoms in total. The Morgan fingerprint density at radius 3 is 2.71 bits per heavy atom. The quantitative estimate of drug-likeness (QED) is 0.731. The number of rotatable bonds is 3. The molecular weight excluding hydrogens is 186 g/mol. The van der Waals surface area contributed by atoms with Crippen molar-refractivity contribution in [1.82, 2.24) is 4.90 Å². The fourth-order valence-corrected chi connectivity index (χ4v) is 1.66. The van der Waals surface area contributed by atoms with E-state index in [1.807, 2.05) is 0 Å². The van der Waals surface area contributed by atoms with Gasteiger partial charge in [0.15, 0.2) is 0 Å². The summed E-state index contributed by atoms with van der Waals surface area (Å²) in [7, 11) is 0. The summed E-state index contributed by atoms with van der Waals surface area (Å²) in [5, 5.41) is 8.47. The Hall–Kier alpha value is -1.26. The lowest BCUT2D eigenvalue weighted by atomic mass is 10.2. The molecule has 0 unspecified atom stereocenters. The van der Waals surface area contributed by atoms with Crippen LogP contribution in [0.25, 0.3) is 0 Å². The van der Waals surface area contributed by atoms with Crippen molar-refractivity contribution < 1.29 is 19.4 Å². The van der Waals surface area contributed by atoms with E-state index in [9.17, 15) is 9.59 Å².